The summed E-state index contributed by atoms with van der Waals surface area (Å²) >= 11 is 0. The second-order valence-corrected chi connectivity index (χ2v) is 5.91. The molecule has 0 aliphatic heterocycles. The molecule has 0 aliphatic rings. The SMILES string of the molecule is COc1c(C(O)CC(C)(C)C)ccc(C)c1C. The van der Waals surface area contributed by atoms with Gasteiger partial charge in [0.15, 0.2) is 0 Å². The fourth-order valence-electron chi connectivity index (χ4n) is 2.03. The number of hydrogen-bond donors (Lipinski definition) is 1. The van der Waals surface area contributed by atoms with E-state index in [2.05, 4.69) is 27.7 Å². The predicted octanol–water partition coefficient (Wildman–Crippen LogP) is 3.78. The van der Waals surface area contributed by atoms with Gasteiger partial charge in [-0.1, -0.05) is 32.9 Å². The van der Waals surface area contributed by atoms with Crippen molar-refractivity contribution in [1.82, 2.24) is 0 Å². The lowest BCUT2D eigenvalue weighted by molar-refractivity contribution is 0.119. The third kappa shape index (κ3) is 3.47. The van der Waals surface area contributed by atoms with Crippen molar-refractivity contribution < 1.29 is 9.84 Å². The maximum Gasteiger partial charge on any atom is 0.127 e. The van der Waals surface area contributed by atoms with Gasteiger partial charge in [-0.2, -0.15) is 0 Å². The van der Waals surface area contributed by atoms with Crippen LogP contribution in [0.25, 0.3) is 0 Å². The summed E-state index contributed by atoms with van der Waals surface area (Å²) in [5.74, 6) is 0.821. The minimum absolute atomic E-state index is 0.100. The molecule has 1 N–H and O–H groups in total. The van der Waals surface area contributed by atoms with Crippen molar-refractivity contribution in [1.29, 1.82) is 0 Å². The molecule has 2 heteroatoms. The van der Waals surface area contributed by atoms with Crippen molar-refractivity contribution in [2.45, 2.75) is 47.1 Å². The Morgan fingerprint density at radius 1 is 1.24 bits per heavy atom. The van der Waals surface area contributed by atoms with Crippen LogP contribution in [-0.4, -0.2) is 12.2 Å². The molecular formula is C15H24O2. The van der Waals surface area contributed by atoms with Crippen LogP contribution in [0.15, 0.2) is 12.1 Å². The zero-order valence-electron chi connectivity index (χ0n) is 11.8. The lowest BCUT2D eigenvalue weighted by atomic mass is 9.86. The van der Waals surface area contributed by atoms with E-state index in [1.807, 2.05) is 19.1 Å². The molecule has 96 valence electrons. The molecule has 1 aromatic carbocycles. The molecule has 1 atom stereocenters. The molecular weight excluding hydrogens is 212 g/mol. The topological polar surface area (TPSA) is 29.5 Å². The van der Waals surface area contributed by atoms with Gasteiger partial charge >= 0.3 is 0 Å². The van der Waals surface area contributed by atoms with E-state index < -0.39 is 6.10 Å². The van der Waals surface area contributed by atoms with Crippen LogP contribution in [0, 0.1) is 19.3 Å². The Morgan fingerprint density at radius 3 is 2.29 bits per heavy atom. The summed E-state index contributed by atoms with van der Waals surface area (Å²) in [7, 11) is 1.66. The second-order valence-electron chi connectivity index (χ2n) is 5.91. The summed E-state index contributed by atoms with van der Waals surface area (Å²) in [6, 6.07) is 4.01. The number of benzene rings is 1. The summed E-state index contributed by atoms with van der Waals surface area (Å²) in [6.07, 6.45) is 0.260. The maximum atomic E-state index is 10.3. The molecule has 1 rings (SSSR count). The molecule has 1 unspecified atom stereocenters. The molecule has 0 radical (unpaired) electrons. The van der Waals surface area contributed by atoms with Gasteiger partial charge in [0.25, 0.3) is 0 Å². The van der Waals surface area contributed by atoms with Crippen LogP contribution < -0.4 is 4.74 Å². The fourth-order valence-corrected chi connectivity index (χ4v) is 2.03. The summed E-state index contributed by atoms with van der Waals surface area (Å²) < 4.78 is 5.43. The average Bonchev–Trinajstić information content (AvgIpc) is 2.19. The number of hydrogen-bond acceptors (Lipinski definition) is 2. The van der Waals surface area contributed by atoms with Crippen LogP contribution >= 0.6 is 0 Å². The van der Waals surface area contributed by atoms with Crippen molar-refractivity contribution >= 4 is 0 Å². The largest absolute Gasteiger partial charge is 0.496 e. The van der Waals surface area contributed by atoms with E-state index >= 15 is 0 Å². The van der Waals surface area contributed by atoms with Crippen LogP contribution in [-0.2, 0) is 0 Å². The molecule has 0 bridgehead atoms. The highest BCUT2D eigenvalue weighted by atomic mass is 16.5. The Bertz CT molecular complexity index is 389. The Hall–Kier alpha value is -1.02. The van der Waals surface area contributed by atoms with Gasteiger partial charge in [-0.25, -0.2) is 0 Å². The van der Waals surface area contributed by atoms with Gasteiger partial charge in [0.1, 0.15) is 5.75 Å². The highest BCUT2D eigenvalue weighted by molar-refractivity contribution is 5.46. The van der Waals surface area contributed by atoms with Crippen LogP contribution in [0.2, 0.25) is 0 Å². The van der Waals surface area contributed by atoms with E-state index in [1.165, 1.54) is 5.56 Å². The average molecular weight is 236 g/mol. The summed E-state index contributed by atoms with van der Waals surface area (Å²) in [6.45, 7) is 10.5. The van der Waals surface area contributed by atoms with E-state index in [-0.39, 0.29) is 5.41 Å². The zero-order chi connectivity index (χ0) is 13.2. The van der Waals surface area contributed by atoms with Gasteiger partial charge in [-0.05, 0) is 36.8 Å². The van der Waals surface area contributed by atoms with E-state index in [9.17, 15) is 5.11 Å². The van der Waals surface area contributed by atoms with Crippen LogP contribution in [0.4, 0.5) is 0 Å². The van der Waals surface area contributed by atoms with E-state index in [0.717, 1.165) is 23.3 Å². The molecule has 0 spiro atoms. The van der Waals surface area contributed by atoms with Crippen LogP contribution in [0.3, 0.4) is 0 Å². The molecule has 0 aliphatic carbocycles. The fraction of sp³-hybridized carbons (Fsp3) is 0.600. The monoisotopic (exact) mass is 236 g/mol. The number of aliphatic hydroxyl groups is 1. The van der Waals surface area contributed by atoms with Crippen molar-refractivity contribution in [2.75, 3.05) is 7.11 Å². The third-order valence-electron chi connectivity index (χ3n) is 3.08. The number of rotatable bonds is 3. The molecule has 0 heterocycles. The lowest BCUT2D eigenvalue weighted by Crippen LogP contribution is -2.13. The van der Waals surface area contributed by atoms with Gasteiger partial charge in [-0.15, -0.1) is 0 Å². The number of methoxy groups -OCH3 is 1. The third-order valence-corrected chi connectivity index (χ3v) is 3.08. The van der Waals surface area contributed by atoms with Crippen LogP contribution in [0.1, 0.15) is 50.0 Å². The van der Waals surface area contributed by atoms with Gasteiger partial charge in [0.05, 0.1) is 13.2 Å². The van der Waals surface area contributed by atoms with E-state index in [0.29, 0.717) is 0 Å². The van der Waals surface area contributed by atoms with Gasteiger partial charge < -0.3 is 9.84 Å². The molecule has 0 fully saturated rings. The molecule has 0 aromatic heterocycles. The van der Waals surface area contributed by atoms with Crippen molar-refractivity contribution in [3.8, 4) is 5.75 Å². The first-order valence-corrected chi connectivity index (χ1v) is 6.08. The number of ether oxygens (including phenoxy) is 1. The summed E-state index contributed by atoms with van der Waals surface area (Å²) in [5, 5.41) is 10.3. The quantitative estimate of drug-likeness (QED) is 0.865. The first-order valence-electron chi connectivity index (χ1n) is 6.08. The lowest BCUT2D eigenvalue weighted by Gasteiger charge is -2.24. The molecule has 2 nitrogen and oxygen atoms in total. The maximum absolute atomic E-state index is 10.3. The standard InChI is InChI=1S/C15H24O2/c1-10-7-8-12(14(17-6)11(10)2)13(16)9-15(3,4)5/h7-8,13,16H,9H2,1-6H3. The minimum atomic E-state index is -0.468. The molecule has 0 amide bonds. The first kappa shape index (κ1) is 14.0. The minimum Gasteiger partial charge on any atom is -0.496 e. The van der Waals surface area contributed by atoms with Gasteiger partial charge in [-0.3, -0.25) is 0 Å². The first-order chi connectivity index (χ1) is 7.76. The van der Waals surface area contributed by atoms with Gasteiger partial charge in [0.2, 0.25) is 0 Å². The van der Waals surface area contributed by atoms with E-state index in [4.69, 9.17) is 4.74 Å². The molecule has 0 saturated carbocycles. The van der Waals surface area contributed by atoms with Crippen molar-refractivity contribution in [3.63, 3.8) is 0 Å². The predicted molar refractivity (Wildman–Crippen MR) is 71.5 cm³/mol. The molecule has 17 heavy (non-hydrogen) atoms. The summed E-state index contributed by atoms with van der Waals surface area (Å²) in [4.78, 5) is 0. The number of aryl methyl sites for hydroxylation is 1. The molecule has 0 saturated heterocycles. The Morgan fingerprint density at radius 2 is 1.82 bits per heavy atom. The smallest absolute Gasteiger partial charge is 0.127 e. The highest BCUT2D eigenvalue weighted by Gasteiger charge is 2.22. The Labute approximate surface area is 105 Å². The van der Waals surface area contributed by atoms with Crippen molar-refractivity contribution in [3.05, 3.63) is 28.8 Å². The Balaban J connectivity index is 3.10. The highest BCUT2D eigenvalue weighted by Crippen LogP contribution is 2.36. The van der Waals surface area contributed by atoms with Crippen molar-refractivity contribution in [2.24, 2.45) is 5.41 Å². The normalized spacial score (nSPS) is 13.6. The second kappa shape index (κ2) is 5.09. The van der Waals surface area contributed by atoms with E-state index in [1.54, 1.807) is 7.11 Å². The van der Waals surface area contributed by atoms with Crippen LogP contribution in [0.5, 0.6) is 5.75 Å². The number of aliphatic hydroxyl groups excluding tert-OH is 1. The summed E-state index contributed by atoms with van der Waals surface area (Å²) in [5.41, 5.74) is 3.29. The molecule has 1 aromatic rings. The Kier molecular flexibility index (Phi) is 4.21. The van der Waals surface area contributed by atoms with Gasteiger partial charge in [0, 0.05) is 5.56 Å². The zero-order valence-corrected chi connectivity index (χ0v) is 11.8.